The largest absolute Gasteiger partial charge is 0.223 e. The van der Waals surface area contributed by atoms with E-state index in [0.29, 0.717) is 4.90 Å². The molecule has 126 valence electrons. The van der Waals surface area contributed by atoms with Gasteiger partial charge in [-0.3, -0.25) is 0 Å². The number of hydrogen-bond acceptors (Lipinski definition) is 2. The summed E-state index contributed by atoms with van der Waals surface area (Å²) in [4.78, 5) is 0.308. The second-order valence-corrected chi connectivity index (χ2v) is 8.58. The van der Waals surface area contributed by atoms with Crippen molar-refractivity contribution in [3.05, 3.63) is 107 Å². The van der Waals surface area contributed by atoms with Crippen LogP contribution in [0.25, 0.3) is 6.08 Å². The van der Waals surface area contributed by atoms with Gasteiger partial charge >= 0.3 is 0 Å². The van der Waals surface area contributed by atoms with E-state index in [1.807, 2.05) is 66.7 Å². The van der Waals surface area contributed by atoms with Gasteiger partial charge in [0, 0.05) is 4.47 Å². The fourth-order valence-corrected chi connectivity index (χ4v) is 4.44. The van der Waals surface area contributed by atoms with E-state index in [0.717, 1.165) is 15.6 Å². The monoisotopic (exact) mass is 412 g/mol. The van der Waals surface area contributed by atoms with Gasteiger partial charge in [0.2, 0.25) is 0 Å². The molecule has 0 N–H and O–H groups in total. The third-order valence-electron chi connectivity index (χ3n) is 3.87. The van der Waals surface area contributed by atoms with Gasteiger partial charge in [0.25, 0.3) is 0 Å². The molecule has 0 heterocycles. The topological polar surface area (TPSA) is 34.1 Å². The van der Waals surface area contributed by atoms with Gasteiger partial charge in [-0.25, -0.2) is 8.42 Å². The first-order valence-corrected chi connectivity index (χ1v) is 10.2. The van der Waals surface area contributed by atoms with Gasteiger partial charge in [-0.2, -0.15) is 0 Å². The van der Waals surface area contributed by atoms with Crippen LogP contribution in [0.5, 0.6) is 0 Å². The molecule has 1 atom stereocenters. The quantitative estimate of drug-likeness (QED) is 0.540. The Balaban J connectivity index is 2.05. The molecule has 0 saturated carbocycles. The molecule has 2 nitrogen and oxygen atoms in total. The Kier molecular flexibility index (Phi) is 5.51. The molecule has 0 aliphatic carbocycles. The molecule has 0 aromatic heterocycles. The molecule has 3 aromatic carbocycles. The highest BCUT2D eigenvalue weighted by molar-refractivity contribution is 9.10. The summed E-state index contributed by atoms with van der Waals surface area (Å²) >= 11 is 3.35. The van der Waals surface area contributed by atoms with E-state index >= 15 is 0 Å². The second kappa shape index (κ2) is 7.81. The highest BCUT2D eigenvalue weighted by atomic mass is 79.9. The number of rotatable bonds is 5. The molecule has 0 bridgehead atoms. The van der Waals surface area contributed by atoms with Gasteiger partial charge in [0.15, 0.2) is 9.84 Å². The van der Waals surface area contributed by atoms with Gasteiger partial charge in [-0.1, -0.05) is 88.7 Å². The summed E-state index contributed by atoms with van der Waals surface area (Å²) in [5.74, 6) is 0. The van der Waals surface area contributed by atoms with Crippen LogP contribution in [0.2, 0.25) is 0 Å². The number of hydrogen-bond donors (Lipinski definition) is 0. The van der Waals surface area contributed by atoms with E-state index < -0.39 is 15.1 Å². The van der Waals surface area contributed by atoms with Crippen molar-refractivity contribution < 1.29 is 8.42 Å². The third kappa shape index (κ3) is 4.27. The van der Waals surface area contributed by atoms with Crippen molar-refractivity contribution in [1.82, 2.24) is 0 Å². The van der Waals surface area contributed by atoms with Crippen molar-refractivity contribution >= 4 is 31.8 Å². The summed E-state index contributed by atoms with van der Waals surface area (Å²) in [7, 11) is -3.55. The van der Waals surface area contributed by atoms with E-state index in [9.17, 15) is 8.42 Å². The molecule has 1 unspecified atom stereocenters. The summed E-state index contributed by atoms with van der Waals surface area (Å²) in [6.07, 6.45) is 3.61. The van der Waals surface area contributed by atoms with Crippen LogP contribution < -0.4 is 0 Å². The fraction of sp³-hybridized carbons (Fsp3) is 0.0476. The van der Waals surface area contributed by atoms with Crippen molar-refractivity contribution in [3.63, 3.8) is 0 Å². The molecule has 25 heavy (non-hydrogen) atoms. The van der Waals surface area contributed by atoms with Crippen LogP contribution in [0, 0.1) is 0 Å². The van der Waals surface area contributed by atoms with Gasteiger partial charge < -0.3 is 0 Å². The van der Waals surface area contributed by atoms with Crippen LogP contribution in [-0.4, -0.2) is 8.42 Å². The minimum Gasteiger partial charge on any atom is -0.223 e. The summed E-state index contributed by atoms with van der Waals surface area (Å²) in [5.41, 5.74) is 1.71. The molecule has 0 saturated heterocycles. The molecule has 4 heteroatoms. The molecule has 3 rings (SSSR count). The van der Waals surface area contributed by atoms with E-state index in [2.05, 4.69) is 15.9 Å². The molecule has 0 radical (unpaired) electrons. The van der Waals surface area contributed by atoms with Crippen molar-refractivity contribution in [2.75, 3.05) is 0 Å². The Morgan fingerprint density at radius 1 is 0.760 bits per heavy atom. The van der Waals surface area contributed by atoms with Crippen LogP contribution in [0.1, 0.15) is 16.4 Å². The van der Waals surface area contributed by atoms with Gasteiger partial charge in [0.1, 0.15) is 5.25 Å². The van der Waals surface area contributed by atoms with E-state index in [-0.39, 0.29) is 0 Å². The lowest BCUT2D eigenvalue weighted by Crippen LogP contribution is -2.11. The Morgan fingerprint density at radius 2 is 1.32 bits per heavy atom. The minimum absolute atomic E-state index is 0.308. The molecular formula is C21H17BrO2S. The van der Waals surface area contributed by atoms with E-state index in [1.54, 1.807) is 30.3 Å². The smallest absolute Gasteiger partial charge is 0.188 e. The van der Waals surface area contributed by atoms with Crippen molar-refractivity contribution in [3.8, 4) is 0 Å². The maximum Gasteiger partial charge on any atom is 0.188 e. The first kappa shape index (κ1) is 17.6. The Morgan fingerprint density at radius 3 is 1.92 bits per heavy atom. The van der Waals surface area contributed by atoms with Crippen LogP contribution in [0.3, 0.4) is 0 Å². The Labute approximate surface area is 156 Å². The molecule has 0 fully saturated rings. The normalized spacial score (nSPS) is 13.0. The molecule has 0 aliphatic heterocycles. The highest BCUT2D eigenvalue weighted by Gasteiger charge is 2.26. The first-order chi connectivity index (χ1) is 12.1. The molecule has 3 aromatic rings. The molecule has 0 aliphatic rings. The van der Waals surface area contributed by atoms with Crippen molar-refractivity contribution in [2.45, 2.75) is 10.1 Å². The van der Waals surface area contributed by atoms with Crippen molar-refractivity contribution in [1.29, 1.82) is 0 Å². The Bertz CT molecular complexity index is 948. The zero-order chi connectivity index (χ0) is 17.7. The summed E-state index contributed by atoms with van der Waals surface area (Å²) in [6.45, 7) is 0. The maximum absolute atomic E-state index is 13.2. The molecule has 0 spiro atoms. The average molecular weight is 413 g/mol. The average Bonchev–Trinajstić information content (AvgIpc) is 2.64. The highest BCUT2D eigenvalue weighted by Crippen LogP contribution is 2.31. The lowest BCUT2D eigenvalue weighted by Gasteiger charge is -2.15. The summed E-state index contributed by atoms with van der Waals surface area (Å²) < 4.78 is 27.2. The second-order valence-electron chi connectivity index (χ2n) is 5.60. The summed E-state index contributed by atoms with van der Waals surface area (Å²) in [5, 5.41) is -0.741. The zero-order valence-corrected chi connectivity index (χ0v) is 15.8. The summed E-state index contributed by atoms with van der Waals surface area (Å²) in [6, 6.07) is 25.7. The maximum atomic E-state index is 13.2. The predicted octanol–water partition coefficient (Wildman–Crippen LogP) is 5.68. The minimum atomic E-state index is -3.55. The van der Waals surface area contributed by atoms with Crippen LogP contribution in [-0.2, 0) is 9.84 Å². The van der Waals surface area contributed by atoms with Gasteiger partial charge in [0.05, 0.1) is 4.90 Å². The van der Waals surface area contributed by atoms with E-state index in [1.165, 1.54) is 0 Å². The SMILES string of the molecule is O=S(=O)(c1ccc(Br)cc1)C(/C=C/c1ccccc1)c1ccccc1. The van der Waals surface area contributed by atoms with E-state index in [4.69, 9.17) is 0 Å². The van der Waals surface area contributed by atoms with Gasteiger partial charge in [-0.15, -0.1) is 0 Å². The molecular weight excluding hydrogens is 396 g/mol. The first-order valence-electron chi connectivity index (χ1n) is 7.85. The van der Waals surface area contributed by atoms with Crippen LogP contribution >= 0.6 is 15.9 Å². The van der Waals surface area contributed by atoms with Crippen LogP contribution in [0.4, 0.5) is 0 Å². The fourth-order valence-electron chi connectivity index (χ4n) is 2.57. The lowest BCUT2D eigenvalue weighted by molar-refractivity contribution is 0.590. The van der Waals surface area contributed by atoms with Gasteiger partial charge in [-0.05, 0) is 35.4 Å². The lowest BCUT2D eigenvalue weighted by atomic mass is 10.1. The molecule has 0 amide bonds. The van der Waals surface area contributed by atoms with Crippen molar-refractivity contribution in [2.24, 2.45) is 0 Å². The standard InChI is InChI=1S/C21H17BrO2S/c22-19-12-14-20(15-13-19)25(23,24)21(18-9-5-2-6-10-18)16-11-17-7-3-1-4-8-17/h1-16,21H/b16-11+. The predicted molar refractivity (Wildman–Crippen MR) is 106 cm³/mol. The third-order valence-corrected chi connectivity index (χ3v) is 6.42. The Hall–Kier alpha value is -2.17. The number of sulfone groups is 1. The zero-order valence-electron chi connectivity index (χ0n) is 13.4. The van der Waals surface area contributed by atoms with Crippen LogP contribution in [0.15, 0.2) is 100 Å². The number of halogens is 1. The number of benzene rings is 3.